The van der Waals surface area contributed by atoms with Gasteiger partial charge in [-0.05, 0) is 37.5 Å². The zero-order chi connectivity index (χ0) is 13.0. The van der Waals surface area contributed by atoms with Crippen LogP contribution in [-0.2, 0) is 6.42 Å². The quantitative estimate of drug-likeness (QED) is 0.824. The zero-order valence-corrected chi connectivity index (χ0v) is 10.7. The molecule has 0 saturated carbocycles. The molecule has 0 spiro atoms. The van der Waals surface area contributed by atoms with Gasteiger partial charge in [0.25, 0.3) is 5.91 Å². The molecule has 1 aromatic rings. The van der Waals surface area contributed by atoms with E-state index in [1.807, 2.05) is 25.1 Å². The number of anilines is 1. The first kappa shape index (κ1) is 12.5. The Kier molecular flexibility index (Phi) is 3.88. The van der Waals surface area contributed by atoms with Crippen molar-refractivity contribution >= 4 is 11.6 Å². The molecular weight excluding hydrogens is 224 g/mol. The highest BCUT2D eigenvalue weighted by Crippen LogP contribution is 2.26. The Morgan fingerprint density at radius 1 is 1.56 bits per heavy atom. The number of benzene rings is 1. The van der Waals surface area contributed by atoms with Gasteiger partial charge in [-0.2, -0.15) is 0 Å². The molecule has 0 bridgehead atoms. The Balaban J connectivity index is 2.33. The molecule has 0 aliphatic carbocycles. The predicted molar refractivity (Wildman–Crippen MR) is 73.7 cm³/mol. The molecule has 18 heavy (non-hydrogen) atoms. The van der Waals surface area contributed by atoms with E-state index < -0.39 is 0 Å². The second-order valence-electron chi connectivity index (χ2n) is 4.39. The molecular formula is C15H18N2O. The highest BCUT2D eigenvalue weighted by molar-refractivity contribution is 5.97. The summed E-state index contributed by atoms with van der Waals surface area (Å²) in [6.45, 7) is 3.93. The van der Waals surface area contributed by atoms with Crippen molar-refractivity contribution in [2.24, 2.45) is 0 Å². The fraction of sp³-hybridized carbons (Fsp3) is 0.400. The fourth-order valence-electron chi connectivity index (χ4n) is 2.32. The van der Waals surface area contributed by atoms with Gasteiger partial charge in [-0.15, -0.1) is 6.42 Å². The number of carbonyl (C=O) groups excluding carboxylic acids is 1. The molecule has 1 N–H and O–H groups in total. The number of terminal acetylenes is 1. The first-order valence-corrected chi connectivity index (χ1v) is 6.36. The standard InChI is InChI=1S/C15H18N2O/c1-3-11-17(4-2)15(18)13-7-5-9-14-12(13)8-6-10-16-14/h1,5,7,9,16H,4,6,8,10-11H2,2H3. The molecule has 0 saturated heterocycles. The van der Waals surface area contributed by atoms with E-state index >= 15 is 0 Å². The second-order valence-corrected chi connectivity index (χ2v) is 4.39. The van der Waals surface area contributed by atoms with Gasteiger partial charge >= 0.3 is 0 Å². The van der Waals surface area contributed by atoms with Crippen molar-refractivity contribution in [1.29, 1.82) is 0 Å². The minimum Gasteiger partial charge on any atom is -0.385 e. The number of carbonyl (C=O) groups is 1. The summed E-state index contributed by atoms with van der Waals surface area (Å²) in [7, 11) is 0. The molecule has 0 atom stereocenters. The summed E-state index contributed by atoms with van der Waals surface area (Å²) in [5.74, 6) is 2.58. The van der Waals surface area contributed by atoms with Gasteiger partial charge in [0.15, 0.2) is 0 Å². The number of nitrogens with one attached hydrogen (secondary N) is 1. The number of hydrogen-bond donors (Lipinski definition) is 1. The van der Waals surface area contributed by atoms with Crippen LogP contribution in [0.2, 0.25) is 0 Å². The summed E-state index contributed by atoms with van der Waals surface area (Å²) >= 11 is 0. The van der Waals surface area contributed by atoms with Gasteiger partial charge < -0.3 is 10.2 Å². The van der Waals surface area contributed by atoms with E-state index in [0.717, 1.165) is 36.2 Å². The lowest BCUT2D eigenvalue weighted by atomic mass is 9.97. The van der Waals surface area contributed by atoms with Gasteiger partial charge in [0, 0.05) is 24.3 Å². The third-order valence-corrected chi connectivity index (χ3v) is 3.28. The monoisotopic (exact) mass is 242 g/mol. The van der Waals surface area contributed by atoms with Crippen LogP contribution in [0.5, 0.6) is 0 Å². The summed E-state index contributed by atoms with van der Waals surface area (Å²) in [6, 6.07) is 5.85. The molecule has 1 aromatic carbocycles. The van der Waals surface area contributed by atoms with Crippen LogP contribution >= 0.6 is 0 Å². The molecule has 0 fully saturated rings. The molecule has 1 aliphatic heterocycles. The van der Waals surface area contributed by atoms with Crippen LogP contribution in [0.25, 0.3) is 0 Å². The third-order valence-electron chi connectivity index (χ3n) is 3.28. The van der Waals surface area contributed by atoms with Gasteiger partial charge in [-0.1, -0.05) is 12.0 Å². The minimum atomic E-state index is 0.0380. The van der Waals surface area contributed by atoms with E-state index in [2.05, 4.69) is 11.2 Å². The van der Waals surface area contributed by atoms with Crippen molar-refractivity contribution in [1.82, 2.24) is 4.90 Å². The molecule has 0 aromatic heterocycles. The number of hydrogen-bond acceptors (Lipinski definition) is 2. The van der Waals surface area contributed by atoms with E-state index in [-0.39, 0.29) is 5.91 Å². The van der Waals surface area contributed by atoms with Crippen molar-refractivity contribution in [3.63, 3.8) is 0 Å². The van der Waals surface area contributed by atoms with Crippen LogP contribution in [-0.4, -0.2) is 30.4 Å². The molecule has 2 rings (SSSR count). The van der Waals surface area contributed by atoms with Gasteiger partial charge in [-0.3, -0.25) is 4.79 Å². The van der Waals surface area contributed by atoms with E-state index in [9.17, 15) is 4.79 Å². The first-order chi connectivity index (χ1) is 8.77. The van der Waals surface area contributed by atoms with Crippen molar-refractivity contribution in [2.45, 2.75) is 19.8 Å². The summed E-state index contributed by atoms with van der Waals surface area (Å²) < 4.78 is 0. The van der Waals surface area contributed by atoms with Crippen LogP contribution in [0, 0.1) is 12.3 Å². The molecule has 94 valence electrons. The smallest absolute Gasteiger partial charge is 0.254 e. The Morgan fingerprint density at radius 3 is 3.11 bits per heavy atom. The normalized spacial score (nSPS) is 13.1. The topological polar surface area (TPSA) is 32.3 Å². The van der Waals surface area contributed by atoms with Crippen molar-refractivity contribution in [3.8, 4) is 12.3 Å². The van der Waals surface area contributed by atoms with Crippen LogP contribution in [0.15, 0.2) is 18.2 Å². The lowest BCUT2D eigenvalue weighted by Crippen LogP contribution is -2.32. The highest BCUT2D eigenvalue weighted by Gasteiger charge is 2.20. The molecule has 1 amide bonds. The summed E-state index contributed by atoms with van der Waals surface area (Å²) in [5, 5.41) is 3.34. The van der Waals surface area contributed by atoms with E-state index in [0.29, 0.717) is 13.1 Å². The molecule has 3 heteroatoms. The average molecular weight is 242 g/mol. The van der Waals surface area contributed by atoms with Crippen LogP contribution < -0.4 is 5.32 Å². The highest BCUT2D eigenvalue weighted by atomic mass is 16.2. The van der Waals surface area contributed by atoms with E-state index in [1.165, 1.54) is 0 Å². The summed E-state index contributed by atoms with van der Waals surface area (Å²) in [4.78, 5) is 14.1. The van der Waals surface area contributed by atoms with Crippen LogP contribution in [0.4, 0.5) is 5.69 Å². The molecule has 0 radical (unpaired) electrons. The number of fused-ring (bicyclic) bond motifs is 1. The number of nitrogens with zero attached hydrogens (tertiary/aromatic N) is 1. The fourth-order valence-corrected chi connectivity index (χ4v) is 2.32. The maximum Gasteiger partial charge on any atom is 0.254 e. The Bertz CT molecular complexity index is 488. The Morgan fingerprint density at radius 2 is 2.39 bits per heavy atom. The maximum atomic E-state index is 12.4. The molecule has 1 aliphatic rings. The SMILES string of the molecule is C#CCN(CC)C(=O)c1cccc2c1CCCN2. The second kappa shape index (κ2) is 5.59. The van der Waals surface area contributed by atoms with Crippen LogP contribution in [0.3, 0.4) is 0 Å². The van der Waals surface area contributed by atoms with Gasteiger partial charge in [-0.25, -0.2) is 0 Å². The Hall–Kier alpha value is -1.95. The average Bonchev–Trinajstić information content (AvgIpc) is 2.43. The third kappa shape index (κ3) is 2.33. The van der Waals surface area contributed by atoms with E-state index in [4.69, 9.17) is 6.42 Å². The summed E-state index contributed by atoms with van der Waals surface area (Å²) in [5.41, 5.74) is 3.00. The maximum absolute atomic E-state index is 12.4. The number of amides is 1. The van der Waals surface area contributed by atoms with Crippen LogP contribution in [0.1, 0.15) is 29.3 Å². The minimum absolute atomic E-state index is 0.0380. The zero-order valence-electron chi connectivity index (χ0n) is 10.7. The van der Waals surface area contributed by atoms with E-state index in [1.54, 1.807) is 4.90 Å². The lowest BCUT2D eigenvalue weighted by Gasteiger charge is -2.24. The predicted octanol–water partition coefficient (Wildman–Crippen LogP) is 2.14. The molecule has 3 nitrogen and oxygen atoms in total. The van der Waals surface area contributed by atoms with Gasteiger partial charge in [0.05, 0.1) is 6.54 Å². The first-order valence-electron chi connectivity index (χ1n) is 6.36. The Labute approximate surface area is 108 Å². The largest absolute Gasteiger partial charge is 0.385 e. The summed E-state index contributed by atoms with van der Waals surface area (Å²) in [6.07, 6.45) is 7.33. The van der Waals surface area contributed by atoms with Crippen molar-refractivity contribution < 1.29 is 4.79 Å². The van der Waals surface area contributed by atoms with Gasteiger partial charge in [0.2, 0.25) is 0 Å². The number of rotatable bonds is 3. The van der Waals surface area contributed by atoms with Gasteiger partial charge in [0.1, 0.15) is 0 Å². The lowest BCUT2D eigenvalue weighted by molar-refractivity contribution is 0.0784. The van der Waals surface area contributed by atoms with Crippen molar-refractivity contribution in [2.75, 3.05) is 25.0 Å². The van der Waals surface area contributed by atoms with Crippen molar-refractivity contribution in [3.05, 3.63) is 29.3 Å². The molecule has 1 heterocycles. The molecule has 0 unspecified atom stereocenters.